The van der Waals surface area contributed by atoms with Crippen LogP contribution in [0.3, 0.4) is 0 Å². The number of hydrogen-bond acceptors (Lipinski definition) is 4. The highest BCUT2D eigenvalue weighted by Gasteiger charge is 2.19. The molecule has 0 aliphatic carbocycles. The Bertz CT molecular complexity index is 548. The normalized spacial score (nSPS) is 17.7. The first-order valence-corrected chi connectivity index (χ1v) is 6.79. The van der Waals surface area contributed by atoms with Gasteiger partial charge >= 0.3 is 0 Å². The Morgan fingerprint density at radius 2 is 2.12 bits per heavy atom. The lowest BCUT2D eigenvalue weighted by molar-refractivity contribution is 0.428. The maximum Gasteiger partial charge on any atom is 0.148 e. The van der Waals surface area contributed by atoms with Crippen LogP contribution in [-0.2, 0) is 0 Å². The molecule has 0 amide bonds. The second-order valence-electron chi connectivity index (χ2n) is 4.24. The van der Waals surface area contributed by atoms with Crippen molar-refractivity contribution in [3.8, 4) is 0 Å². The van der Waals surface area contributed by atoms with Crippen LogP contribution in [0.4, 0.5) is 10.1 Å². The van der Waals surface area contributed by atoms with E-state index < -0.39 is 5.82 Å². The topological polar surface area (TPSA) is 56.7 Å². The SMILES string of the molecule is Nc1cc2nnn(C3CCSCC3)c2cc1F. The number of aromatic nitrogens is 3. The second kappa shape index (κ2) is 4.18. The third-order valence-electron chi connectivity index (χ3n) is 3.13. The quantitative estimate of drug-likeness (QED) is 0.791. The Balaban J connectivity index is 2.07. The van der Waals surface area contributed by atoms with E-state index >= 15 is 0 Å². The number of nitrogen functional groups attached to an aromatic ring is 1. The standard InChI is InChI=1S/C11H13FN4S/c12-8-5-11-10(6-9(8)13)14-15-16(11)7-1-3-17-4-2-7/h5-7H,1-4,13H2. The van der Waals surface area contributed by atoms with Gasteiger partial charge in [-0.25, -0.2) is 9.07 Å². The minimum atomic E-state index is -0.397. The fraction of sp³-hybridized carbons (Fsp3) is 0.455. The largest absolute Gasteiger partial charge is 0.396 e. The van der Waals surface area contributed by atoms with Crippen LogP contribution in [0, 0.1) is 5.82 Å². The molecular formula is C11H13FN4S. The average Bonchev–Trinajstić information content (AvgIpc) is 2.74. The van der Waals surface area contributed by atoms with Gasteiger partial charge in [-0.3, -0.25) is 0 Å². The van der Waals surface area contributed by atoms with Crippen molar-refractivity contribution in [1.29, 1.82) is 0 Å². The average molecular weight is 252 g/mol. The van der Waals surface area contributed by atoms with E-state index in [1.54, 1.807) is 6.07 Å². The summed E-state index contributed by atoms with van der Waals surface area (Å²) in [5.74, 6) is 1.86. The summed E-state index contributed by atoms with van der Waals surface area (Å²) >= 11 is 1.95. The molecule has 4 nitrogen and oxygen atoms in total. The molecule has 3 rings (SSSR count). The molecule has 1 aliphatic heterocycles. The van der Waals surface area contributed by atoms with E-state index in [1.807, 2.05) is 16.4 Å². The first-order valence-electron chi connectivity index (χ1n) is 5.63. The number of thioether (sulfide) groups is 1. The molecule has 1 aromatic carbocycles. The van der Waals surface area contributed by atoms with E-state index in [1.165, 1.54) is 6.07 Å². The molecule has 6 heteroatoms. The van der Waals surface area contributed by atoms with Gasteiger partial charge < -0.3 is 5.73 Å². The maximum atomic E-state index is 13.5. The van der Waals surface area contributed by atoms with Gasteiger partial charge in [0.25, 0.3) is 0 Å². The molecule has 2 N–H and O–H groups in total. The summed E-state index contributed by atoms with van der Waals surface area (Å²) in [6, 6.07) is 3.32. The zero-order valence-corrected chi connectivity index (χ0v) is 10.1. The molecule has 0 atom stereocenters. The molecule has 1 fully saturated rings. The van der Waals surface area contributed by atoms with Gasteiger partial charge in [-0.15, -0.1) is 5.10 Å². The first kappa shape index (κ1) is 10.8. The number of anilines is 1. The Labute approximate surface area is 102 Å². The van der Waals surface area contributed by atoms with Crippen LogP contribution in [0.1, 0.15) is 18.9 Å². The van der Waals surface area contributed by atoms with E-state index in [2.05, 4.69) is 10.3 Å². The number of hydrogen-bond donors (Lipinski definition) is 1. The number of fused-ring (bicyclic) bond motifs is 1. The van der Waals surface area contributed by atoms with Crippen molar-refractivity contribution in [3.05, 3.63) is 17.9 Å². The molecule has 1 aromatic heterocycles. The van der Waals surface area contributed by atoms with Gasteiger partial charge in [0.2, 0.25) is 0 Å². The van der Waals surface area contributed by atoms with Gasteiger partial charge in [-0.05, 0) is 30.4 Å². The zero-order chi connectivity index (χ0) is 11.8. The van der Waals surface area contributed by atoms with Crippen LogP contribution < -0.4 is 5.73 Å². The van der Waals surface area contributed by atoms with Crippen molar-refractivity contribution >= 4 is 28.5 Å². The summed E-state index contributed by atoms with van der Waals surface area (Å²) in [6.45, 7) is 0. The van der Waals surface area contributed by atoms with Gasteiger partial charge in [-0.1, -0.05) is 5.21 Å². The predicted molar refractivity (Wildman–Crippen MR) is 67.5 cm³/mol. The van der Waals surface area contributed by atoms with Crippen LogP contribution in [0.25, 0.3) is 11.0 Å². The summed E-state index contributed by atoms with van der Waals surface area (Å²) < 4.78 is 15.3. The summed E-state index contributed by atoms with van der Waals surface area (Å²) in [6.07, 6.45) is 2.13. The fourth-order valence-corrected chi connectivity index (χ4v) is 3.26. The Morgan fingerprint density at radius 3 is 2.88 bits per heavy atom. The summed E-state index contributed by atoms with van der Waals surface area (Å²) in [5, 5.41) is 8.19. The monoisotopic (exact) mass is 252 g/mol. The van der Waals surface area contributed by atoms with Gasteiger partial charge in [0.15, 0.2) is 0 Å². The molecule has 0 unspecified atom stereocenters. The number of halogens is 1. The summed E-state index contributed by atoms with van der Waals surface area (Å²) in [7, 11) is 0. The van der Waals surface area contributed by atoms with E-state index in [0.717, 1.165) is 29.9 Å². The number of nitrogens with zero attached hydrogens (tertiary/aromatic N) is 3. The van der Waals surface area contributed by atoms with Gasteiger partial charge in [0.1, 0.15) is 11.3 Å². The number of rotatable bonds is 1. The lowest BCUT2D eigenvalue weighted by Gasteiger charge is -2.21. The molecule has 0 saturated carbocycles. The third-order valence-corrected chi connectivity index (χ3v) is 4.17. The van der Waals surface area contributed by atoms with Crippen molar-refractivity contribution in [3.63, 3.8) is 0 Å². The van der Waals surface area contributed by atoms with Crippen molar-refractivity contribution in [1.82, 2.24) is 15.0 Å². The van der Waals surface area contributed by atoms with Crippen LogP contribution >= 0.6 is 11.8 Å². The van der Waals surface area contributed by atoms with Gasteiger partial charge in [-0.2, -0.15) is 11.8 Å². The highest BCUT2D eigenvalue weighted by molar-refractivity contribution is 7.99. The van der Waals surface area contributed by atoms with E-state index in [-0.39, 0.29) is 5.69 Å². The highest BCUT2D eigenvalue weighted by atomic mass is 32.2. The van der Waals surface area contributed by atoms with Crippen molar-refractivity contribution in [2.24, 2.45) is 0 Å². The van der Waals surface area contributed by atoms with Gasteiger partial charge in [0.05, 0.1) is 17.2 Å². The lowest BCUT2D eigenvalue weighted by atomic mass is 10.1. The molecule has 17 heavy (non-hydrogen) atoms. The lowest BCUT2D eigenvalue weighted by Crippen LogP contribution is -2.16. The van der Waals surface area contributed by atoms with Gasteiger partial charge in [0, 0.05) is 6.07 Å². The van der Waals surface area contributed by atoms with E-state index in [4.69, 9.17) is 5.73 Å². The summed E-state index contributed by atoms with van der Waals surface area (Å²) in [4.78, 5) is 0. The molecule has 2 heterocycles. The Morgan fingerprint density at radius 1 is 1.35 bits per heavy atom. The maximum absolute atomic E-state index is 13.5. The molecule has 90 valence electrons. The fourth-order valence-electron chi connectivity index (χ4n) is 2.18. The highest BCUT2D eigenvalue weighted by Crippen LogP contribution is 2.29. The summed E-state index contributed by atoms with van der Waals surface area (Å²) in [5.41, 5.74) is 7.06. The molecule has 0 bridgehead atoms. The smallest absolute Gasteiger partial charge is 0.148 e. The molecule has 1 aliphatic rings. The molecular weight excluding hydrogens is 239 g/mol. The Hall–Kier alpha value is -1.30. The predicted octanol–water partition coefficient (Wildman–Crippen LogP) is 2.22. The second-order valence-corrected chi connectivity index (χ2v) is 5.46. The molecule has 1 saturated heterocycles. The molecule has 0 radical (unpaired) electrons. The van der Waals surface area contributed by atoms with E-state index in [0.29, 0.717) is 11.6 Å². The molecule has 0 spiro atoms. The Kier molecular flexibility index (Phi) is 2.66. The third kappa shape index (κ3) is 1.86. The zero-order valence-electron chi connectivity index (χ0n) is 9.27. The van der Waals surface area contributed by atoms with Crippen LogP contribution in [-0.4, -0.2) is 26.5 Å². The van der Waals surface area contributed by atoms with E-state index in [9.17, 15) is 4.39 Å². The number of nitrogens with two attached hydrogens (primary N) is 1. The van der Waals surface area contributed by atoms with Crippen molar-refractivity contribution in [2.75, 3.05) is 17.2 Å². The van der Waals surface area contributed by atoms with Crippen LogP contribution in [0.2, 0.25) is 0 Å². The molecule has 2 aromatic rings. The first-order chi connectivity index (χ1) is 8.25. The van der Waals surface area contributed by atoms with Crippen molar-refractivity contribution in [2.45, 2.75) is 18.9 Å². The minimum absolute atomic E-state index is 0.128. The van der Waals surface area contributed by atoms with Crippen LogP contribution in [0.5, 0.6) is 0 Å². The van der Waals surface area contributed by atoms with Crippen LogP contribution in [0.15, 0.2) is 12.1 Å². The van der Waals surface area contributed by atoms with Crippen molar-refractivity contribution < 1.29 is 4.39 Å². The minimum Gasteiger partial charge on any atom is -0.396 e. The number of benzene rings is 1.